The molecule has 2 rings (SSSR count). The molecule has 0 heterocycles. The topological polar surface area (TPSA) is 70.9 Å². The summed E-state index contributed by atoms with van der Waals surface area (Å²) in [5, 5.41) is 9.40. The number of hydrogen-bond donors (Lipinski definition) is 2. The summed E-state index contributed by atoms with van der Waals surface area (Å²) < 4.78 is 19.3. The van der Waals surface area contributed by atoms with Crippen molar-refractivity contribution in [3.05, 3.63) is 59.4 Å². The van der Waals surface area contributed by atoms with Crippen LogP contribution in [0.15, 0.2) is 47.5 Å². The summed E-state index contributed by atoms with van der Waals surface area (Å²) in [6.45, 7) is 2.89. The fourth-order valence-electron chi connectivity index (χ4n) is 2.98. The highest BCUT2D eigenvalue weighted by atomic mass is 19.1. The van der Waals surface area contributed by atoms with Crippen molar-refractivity contribution in [2.45, 2.75) is 51.9 Å². The zero-order valence-corrected chi connectivity index (χ0v) is 16.9. The molecule has 0 aliphatic heterocycles. The lowest BCUT2D eigenvalue weighted by Crippen LogP contribution is -2.21. The van der Waals surface area contributed by atoms with E-state index in [0.717, 1.165) is 18.2 Å². The lowest BCUT2D eigenvalue weighted by atomic mass is 10.1. The van der Waals surface area contributed by atoms with Gasteiger partial charge >= 0.3 is 0 Å². The molecule has 0 spiro atoms. The molecule has 0 fully saturated rings. The molecule has 0 aliphatic rings. The predicted molar refractivity (Wildman–Crippen MR) is 113 cm³/mol. The molecule has 0 bridgehead atoms. The number of amidine groups is 1. The van der Waals surface area contributed by atoms with Crippen molar-refractivity contribution in [2.24, 2.45) is 4.99 Å². The Morgan fingerprint density at radius 3 is 2.41 bits per heavy atom. The molecular weight excluding hydrogens is 371 g/mol. The molecule has 0 unspecified atom stereocenters. The predicted octanol–water partition coefficient (Wildman–Crippen LogP) is 5.82. The molecule has 0 saturated carbocycles. The third-order valence-electron chi connectivity index (χ3n) is 4.60. The van der Waals surface area contributed by atoms with Crippen molar-refractivity contribution in [1.82, 2.24) is 5.48 Å². The highest BCUT2D eigenvalue weighted by molar-refractivity contribution is 6.05. The van der Waals surface area contributed by atoms with Crippen LogP contribution in [0.2, 0.25) is 0 Å². The van der Waals surface area contributed by atoms with Gasteiger partial charge in [0.25, 0.3) is 0 Å². The van der Waals surface area contributed by atoms with Gasteiger partial charge in [0.1, 0.15) is 11.6 Å². The number of hydroxylamine groups is 1. The van der Waals surface area contributed by atoms with E-state index in [0.29, 0.717) is 18.6 Å². The van der Waals surface area contributed by atoms with Gasteiger partial charge in [0, 0.05) is 11.1 Å². The van der Waals surface area contributed by atoms with Gasteiger partial charge in [-0.25, -0.2) is 9.38 Å². The zero-order chi connectivity index (χ0) is 20.9. The molecule has 0 saturated heterocycles. The molecule has 6 heteroatoms. The highest BCUT2D eigenvalue weighted by Crippen LogP contribution is 2.20. The lowest BCUT2D eigenvalue weighted by Gasteiger charge is -2.09. The van der Waals surface area contributed by atoms with Crippen LogP contribution in [0.1, 0.15) is 67.8 Å². The van der Waals surface area contributed by atoms with Gasteiger partial charge in [-0.2, -0.15) is 0 Å². The number of hydrogen-bond acceptors (Lipinski definition) is 4. The average Bonchev–Trinajstić information content (AvgIpc) is 2.75. The molecule has 0 atom stereocenters. The normalized spacial score (nSPS) is 11.3. The molecule has 2 N–H and O–H groups in total. The summed E-state index contributed by atoms with van der Waals surface area (Å²) in [5.74, 6) is 0.207. The third-order valence-corrected chi connectivity index (χ3v) is 4.60. The van der Waals surface area contributed by atoms with E-state index in [9.17, 15) is 14.4 Å². The van der Waals surface area contributed by atoms with E-state index in [2.05, 4.69) is 11.9 Å². The Morgan fingerprint density at radius 2 is 1.76 bits per heavy atom. The lowest BCUT2D eigenvalue weighted by molar-refractivity contribution is 0.112. The second kappa shape index (κ2) is 12.7. The number of nitrogens with zero attached hydrogens (tertiary/aromatic N) is 1. The van der Waals surface area contributed by atoms with Gasteiger partial charge in [-0.05, 0) is 48.9 Å². The summed E-state index contributed by atoms with van der Waals surface area (Å²) in [5.41, 5.74) is 2.88. The average molecular weight is 400 g/mol. The number of aliphatic imine (C=N–C) groups is 1. The molecular formula is C23H29FN2O3. The second-order valence-electron chi connectivity index (χ2n) is 6.89. The fraction of sp³-hybridized carbons (Fsp3) is 0.391. The van der Waals surface area contributed by atoms with Crippen molar-refractivity contribution in [3.8, 4) is 5.75 Å². The molecule has 2 aromatic carbocycles. The van der Waals surface area contributed by atoms with Crippen LogP contribution < -0.4 is 10.2 Å². The number of rotatable bonds is 12. The van der Waals surface area contributed by atoms with Gasteiger partial charge < -0.3 is 4.74 Å². The van der Waals surface area contributed by atoms with E-state index < -0.39 is 5.82 Å². The first-order chi connectivity index (χ1) is 14.2. The first kappa shape index (κ1) is 22.6. The minimum atomic E-state index is -0.525. The minimum Gasteiger partial charge on any atom is -0.494 e. The van der Waals surface area contributed by atoms with Crippen molar-refractivity contribution in [2.75, 3.05) is 6.61 Å². The van der Waals surface area contributed by atoms with Crippen LogP contribution in [0.4, 0.5) is 10.1 Å². The monoisotopic (exact) mass is 400 g/mol. The van der Waals surface area contributed by atoms with Crippen LogP contribution in [-0.4, -0.2) is 23.9 Å². The van der Waals surface area contributed by atoms with Crippen LogP contribution in [0, 0.1) is 5.82 Å². The van der Waals surface area contributed by atoms with E-state index in [-0.39, 0.29) is 17.0 Å². The fourth-order valence-corrected chi connectivity index (χ4v) is 2.98. The summed E-state index contributed by atoms with van der Waals surface area (Å²) in [6.07, 6.45) is 9.21. The SMILES string of the molecule is CCCCCCCCCOc1ccc(N=C(NO)c2cc(F)ccc2C=O)cc1. The quantitative estimate of drug-likeness (QED) is 0.155. The molecule has 0 aromatic heterocycles. The molecule has 5 nitrogen and oxygen atoms in total. The van der Waals surface area contributed by atoms with Gasteiger partial charge in [0.15, 0.2) is 12.1 Å². The molecule has 0 aliphatic carbocycles. The number of benzene rings is 2. The maximum absolute atomic E-state index is 13.5. The maximum Gasteiger partial charge on any atom is 0.158 e. The smallest absolute Gasteiger partial charge is 0.158 e. The number of aldehydes is 1. The Labute approximate surface area is 171 Å². The molecule has 2 aromatic rings. The maximum atomic E-state index is 13.5. The molecule has 0 amide bonds. The van der Waals surface area contributed by atoms with E-state index in [4.69, 9.17) is 4.74 Å². The zero-order valence-electron chi connectivity index (χ0n) is 16.9. The second-order valence-corrected chi connectivity index (χ2v) is 6.89. The number of carbonyl (C=O) groups excluding carboxylic acids is 1. The van der Waals surface area contributed by atoms with Crippen molar-refractivity contribution >= 4 is 17.8 Å². The van der Waals surface area contributed by atoms with E-state index in [1.807, 2.05) is 5.48 Å². The molecule has 156 valence electrons. The molecule has 0 radical (unpaired) electrons. The number of ether oxygens (including phenoxy) is 1. The first-order valence-electron chi connectivity index (χ1n) is 10.1. The van der Waals surface area contributed by atoms with Crippen LogP contribution in [0.5, 0.6) is 5.75 Å². The van der Waals surface area contributed by atoms with Crippen molar-refractivity contribution in [1.29, 1.82) is 0 Å². The van der Waals surface area contributed by atoms with Crippen LogP contribution in [-0.2, 0) is 0 Å². The standard InChI is InChI=1S/C23H29FN2O3/c1-2-3-4-5-6-7-8-15-29-21-13-11-20(12-14-21)25-23(26-28)22-16-19(24)10-9-18(22)17-27/h9-14,16-17,28H,2-8,15H2,1H3,(H,25,26). The number of nitrogens with one attached hydrogen (secondary N) is 1. The summed E-state index contributed by atoms with van der Waals surface area (Å²) in [7, 11) is 0. The third kappa shape index (κ3) is 7.66. The van der Waals surface area contributed by atoms with Gasteiger partial charge in [0.05, 0.1) is 12.3 Å². The Balaban J connectivity index is 1.90. The Bertz CT molecular complexity index is 791. The van der Waals surface area contributed by atoms with Crippen molar-refractivity contribution in [3.63, 3.8) is 0 Å². The van der Waals surface area contributed by atoms with E-state index in [1.54, 1.807) is 24.3 Å². The van der Waals surface area contributed by atoms with Crippen LogP contribution in [0.3, 0.4) is 0 Å². The van der Waals surface area contributed by atoms with Gasteiger partial charge in [-0.3, -0.25) is 15.5 Å². The number of halogens is 1. The van der Waals surface area contributed by atoms with Crippen LogP contribution >= 0.6 is 0 Å². The Hall–Kier alpha value is -2.73. The number of unbranched alkanes of at least 4 members (excludes halogenated alkanes) is 6. The molecule has 29 heavy (non-hydrogen) atoms. The largest absolute Gasteiger partial charge is 0.494 e. The van der Waals surface area contributed by atoms with Gasteiger partial charge in [-0.1, -0.05) is 45.4 Å². The highest BCUT2D eigenvalue weighted by Gasteiger charge is 2.10. The minimum absolute atomic E-state index is 0.0108. The summed E-state index contributed by atoms with van der Waals surface area (Å²) in [4.78, 5) is 15.4. The summed E-state index contributed by atoms with van der Waals surface area (Å²) in [6, 6.07) is 10.7. The van der Waals surface area contributed by atoms with Crippen molar-refractivity contribution < 1.29 is 19.1 Å². The Kier molecular flexibility index (Phi) is 9.86. The summed E-state index contributed by atoms with van der Waals surface area (Å²) >= 11 is 0. The van der Waals surface area contributed by atoms with E-state index >= 15 is 0 Å². The Morgan fingerprint density at radius 1 is 1.07 bits per heavy atom. The first-order valence-corrected chi connectivity index (χ1v) is 10.1. The van der Waals surface area contributed by atoms with E-state index in [1.165, 1.54) is 50.7 Å². The van der Waals surface area contributed by atoms with Gasteiger partial charge in [0.2, 0.25) is 0 Å². The van der Waals surface area contributed by atoms with Gasteiger partial charge in [-0.15, -0.1) is 0 Å². The number of carbonyl (C=O) groups is 1. The van der Waals surface area contributed by atoms with Crippen LogP contribution in [0.25, 0.3) is 0 Å².